The number of hydrogen-bond donors (Lipinski definition) is 0. The van der Waals surface area contributed by atoms with Crippen molar-refractivity contribution >= 4 is 60.1 Å². The Morgan fingerprint density at radius 2 is 0.976 bits per heavy atom. The third-order valence-electron chi connectivity index (χ3n) is 8.29. The number of aliphatic imine (C=N–C) groups is 1. The minimum absolute atomic E-state index is 0.658. The summed E-state index contributed by atoms with van der Waals surface area (Å²) >= 11 is 0. The van der Waals surface area contributed by atoms with Crippen LogP contribution in [-0.2, 0) is 6.54 Å². The molecule has 0 aromatic heterocycles. The standard InChI is InChI=1S/C40H27N/c1-4-10-34-29(7-1)18-19-33-23-28(15-21-36(33)34)26-41-25-27-13-16-31(17-14-27)40-37-12-6-3-9-32(37)24-39-35-11-5-2-8-30(35)20-22-38(39)40/h1-25H,26H2/b41-25+. The maximum absolute atomic E-state index is 4.79. The highest BCUT2D eigenvalue weighted by atomic mass is 14.7. The van der Waals surface area contributed by atoms with Crippen molar-refractivity contribution in [2.24, 2.45) is 4.99 Å². The van der Waals surface area contributed by atoms with Gasteiger partial charge >= 0.3 is 0 Å². The van der Waals surface area contributed by atoms with Crippen molar-refractivity contribution in [1.82, 2.24) is 0 Å². The number of nitrogens with zero attached hydrogens (tertiary/aromatic N) is 1. The number of rotatable bonds is 4. The Bertz CT molecular complexity index is 2270. The summed E-state index contributed by atoms with van der Waals surface area (Å²) in [5.41, 5.74) is 4.84. The van der Waals surface area contributed by atoms with Crippen molar-refractivity contribution in [1.29, 1.82) is 0 Å². The molecule has 0 radical (unpaired) electrons. The van der Waals surface area contributed by atoms with Crippen LogP contribution in [0.15, 0.2) is 151 Å². The first-order valence-electron chi connectivity index (χ1n) is 14.2. The quantitative estimate of drug-likeness (QED) is 0.124. The highest BCUT2D eigenvalue weighted by molar-refractivity contribution is 6.20. The summed E-state index contributed by atoms with van der Waals surface area (Å²) in [5, 5.41) is 12.8. The van der Waals surface area contributed by atoms with Gasteiger partial charge in [-0.1, -0.05) is 133 Å². The summed E-state index contributed by atoms with van der Waals surface area (Å²) in [4.78, 5) is 4.79. The van der Waals surface area contributed by atoms with E-state index in [1.165, 1.54) is 70.6 Å². The van der Waals surface area contributed by atoms with Crippen LogP contribution in [0.4, 0.5) is 0 Å². The van der Waals surface area contributed by atoms with Crippen LogP contribution in [-0.4, -0.2) is 6.21 Å². The van der Waals surface area contributed by atoms with E-state index in [0.717, 1.165) is 5.56 Å². The van der Waals surface area contributed by atoms with Gasteiger partial charge in [-0.2, -0.15) is 0 Å². The van der Waals surface area contributed by atoms with E-state index in [9.17, 15) is 0 Å². The normalized spacial score (nSPS) is 11.9. The maximum atomic E-state index is 4.79. The number of fused-ring (bicyclic) bond motifs is 7. The third-order valence-corrected chi connectivity index (χ3v) is 8.29. The van der Waals surface area contributed by atoms with Crippen molar-refractivity contribution in [2.45, 2.75) is 6.54 Å². The van der Waals surface area contributed by atoms with Crippen LogP contribution < -0.4 is 0 Å². The lowest BCUT2D eigenvalue weighted by atomic mass is 9.89. The van der Waals surface area contributed by atoms with E-state index < -0.39 is 0 Å². The first-order chi connectivity index (χ1) is 20.3. The summed E-state index contributed by atoms with van der Waals surface area (Å²) in [6.07, 6.45) is 1.99. The molecule has 0 aliphatic heterocycles. The van der Waals surface area contributed by atoms with Crippen LogP contribution in [0.3, 0.4) is 0 Å². The molecule has 0 atom stereocenters. The van der Waals surface area contributed by atoms with E-state index >= 15 is 0 Å². The molecule has 0 saturated heterocycles. The molecule has 0 fully saturated rings. The molecule has 41 heavy (non-hydrogen) atoms. The Morgan fingerprint density at radius 1 is 0.415 bits per heavy atom. The van der Waals surface area contributed by atoms with Gasteiger partial charge in [0.15, 0.2) is 0 Å². The number of benzene rings is 8. The first kappa shape index (κ1) is 23.6. The lowest BCUT2D eigenvalue weighted by molar-refractivity contribution is 1.08. The van der Waals surface area contributed by atoms with Crippen molar-refractivity contribution < 1.29 is 0 Å². The fraction of sp³-hybridized carbons (Fsp3) is 0.0250. The van der Waals surface area contributed by atoms with E-state index in [0.29, 0.717) is 6.54 Å². The average Bonchev–Trinajstić information content (AvgIpc) is 3.04. The minimum atomic E-state index is 0.658. The molecule has 0 N–H and O–H groups in total. The Hall–Kier alpha value is -5.27. The van der Waals surface area contributed by atoms with Crippen molar-refractivity contribution in [3.8, 4) is 11.1 Å². The molecule has 192 valence electrons. The van der Waals surface area contributed by atoms with Crippen LogP contribution in [0.5, 0.6) is 0 Å². The molecule has 1 nitrogen and oxygen atoms in total. The van der Waals surface area contributed by atoms with Crippen LogP contribution in [0, 0.1) is 0 Å². The summed E-state index contributed by atoms with van der Waals surface area (Å²) in [6.45, 7) is 0.658. The predicted octanol–water partition coefficient (Wildman–Crippen LogP) is 10.7. The zero-order chi connectivity index (χ0) is 27.2. The first-order valence-corrected chi connectivity index (χ1v) is 14.2. The molecule has 0 aliphatic carbocycles. The summed E-state index contributed by atoms with van der Waals surface area (Å²) in [6, 6.07) is 52.7. The zero-order valence-corrected chi connectivity index (χ0v) is 22.6. The van der Waals surface area contributed by atoms with Gasteiger partial charge in [0.2, 0.25) is 0 Å². The Kier molecular flexibility index (Phi) is 5.60. The SMILES string of the molecule is C(=N\Cc1ccc2c(ccc3ccccc32)c1)/c1ccc(-c2c3ccccc3cc3c2ccc2ccccc23)cc1. The Balaban J connectivity index is 1.12. The van der Waals surface area contributed by atoms with Crippen LogP contribution in [0.25, 0.3) is 65.0 Å². The van der Waals surface area contributed by atoms with E-state index in [2.05, 4.69) is 146 Å². The molecular weight excluding hydrogens is 494 g/mol. The van der Waals surface area contributed by atoms with E-state index in [4.69, 9.17) is 4.99 Å². The van der Waals surface area contributed by atoms with Crippen molar-refractivity contribution in [3.05, 3.63) is 157 Å². The van der Waals surface area contributed by atoms with Gasteiger partial charge in [-0.25, -0.2) is 0 Å². The molecule has 8 aromatic carbocycles. The smallest absolute Gasteiger partial charge is 0.0640 e. The van der Waals surface area contributed by atoms with Crippen LogP contribution >= 0.6 is 0 Å². The Morgan fingerprint density at radius 3 is 1.76 bits per heavy atom. The fourth-order valence-corrected chi connectivity index (χ4v) is 6.28. The van der Waals surface area contributed by atoms with E-state index in [1.807, 2.05) is 6.21 Å². The highest BCUT2D eigenvalue weighted by Crippen LogP contribution is 2.39. The summed E-state index contributed by atoms with van der Waals surface area (Å²) < 4.78 is 0. The molecule has 0 saturated carbocycles. The molecule has 0 heterocycles. The molecule has 0 bridgehead atoms. The molecule has 1 heteroatoms. The largest absolute Gasteiger partial charge is 0.288 e. The zero-order valence-electron chi connectivity index (χ0n) is 22.6. The molecule has 0 amide bonds. The summed E-state index contributed by atoms with van der Waals surface area (Å²) in [7, 11) is 0. The predicted molar refractivity (Wildman–Crippen MR) is 177 cm³/mol. The van der Waals surface area contributed by atoms with Gasteiger partial charge < -0.3 is 0 Å². The van der Waals surface area contributed by atoms with Gasteiger partial charge in [0.05, 0.1) is 6.54 Å². The molecular formula is C40H27N. The second-order valence-corrected chi connectivity index (χ2v) is 10.8. The third kappa shape index (κ3) is 4.15. The molecule has 0 aliphatic rings. The monoisotopic (exact) mass is 521 g/mol. The second-order valence-electron chi connectivity index (χ2n) is 10.8. The number of hydrogen-bond acceptors (Lipinski definition) is 1. The van der Waals surface area contributed by atoms with Gasteiger partial charge in [0.25, 0.3) is 0 Å². The van der Waals surface area contributed by atoms with Crippen LogP contribution in [0.2, 0.25) is 0 Å². The lowest BCUT2D eigenvalue weighted by Crippen LogP contribution is -1.89. The molecule has 0 unspecified atom stereocenters. The summed E-state index contributed by atoms with van der Waals surface area (Å²) in [5.74, 6) is 0. The molecule has 8 aromatic rings. The topological polar surface area (TPSA) is 12.4 Å². The van der Waals surface area contributed by atoms with E-state index in [-0.39, 0.29) is 0 Å². The van der Waals surface area contributed by atoms with E-state index in [1.54, 1.807) is 0 Å². The van der Waals surface area contributed by atoms with Crippen LogP contribution in [0.1, 0.15) is 11.1 Å². The maximum Gasteiger partial charge on any atom is 0.0640 e. The highest BCUT2D eigenvalue weighted by Gasteiger charge is 2.12. The van der Waals surface area contributed by atoms with Gasteiger partial charge in [0, 0.05) is 6.21 Å². The van der Waals surface area contributed by atoms with Gasteiger partial charge in [-0.05, 0) is 88.2 Å². The Labute approximate surface area is 239 Å². The van der Waals surface area contributed by atoms with Crippen molar-refractivity contribution in [3.63, 3.8) is 0 Å². The van der Waals surface area contributed by atoms with Crippen molar-refractivity contribution in [2.75, 3.05) is 0 Å². The molecule has 8 rings (SSSR count). The van der Waals surface area contributed by atoms with Gasteiger partial charge in [-0.15, -0.1) is 0 Å². The lowest BCUT2D eigenvalue weighted by Gasteiger charge is -2.14. The van der Waals surface area contributed by atoms with Gasteiger partial charge in [-0.3, -0.25) is 4.99 Å². The second kappa shape index (κ2) is 9.73. The average molecular weight is 522 g/mol. The fourth-order valence-electron chi connectivity index (χ4n) is 6.28. The van der Waals surface area contributed by atoms with Gasteiger partial charge in [0.1, 0.15) is 0 Å². The molecule has 0 spiro atoms. The minimum Gasteiger partial charge on any atom is -0.288 e.